The fourth-order valence-corrected chi connectivity index (χ4v) is 0. The van der Waals surface area contributed by atoms with Crippen LogP contribution < -0.4 is 0 Å². The van der Waals surface area contributed by atoms with Gasteiger partial charge in [-0.3, -0.25) is 0 Å². The van der Waals surface area contributed by atoms with Crippen molar-refractivity contribution in [2.45, 2.75) is 6.55 Å². The average Bonchev–Trinajstić information content (AvgIpc) is 0.918. The Balaban J connectivity index is -0.0000000200. The van der Waals surface area contributed by atoms with Crippen molar-refractivity contribution in [2.75, 3.05) is 0 Å². The van der Waals surface area contributed by atoms with Crippen molar-refractivity contribution >= 4 is 72.1 Å². The van der Waals surface area contributed by atoms with E-state index in [0.29, 0.717) is 0 Å². The quantitative estimate of drug-likeness (QED) is 0.350. The van der Waals surface area contributed by atoms with Gasteiger partial charge in [0.1, 0.15) is 0 Å². The van der Waals surface area contributed by atoms with Gasteiger partial charge in [0.05, 0.1) is 0 Å². The van der Waals surface area contributed by atoms with Crippen LogP contribution in [0.5, 0.6) is 0 Å². The maximum absolute atomic E-state index is 7.71. The molecule has 0 heterocycles. The Bertz CT molecular complexity index is 9.61. The van der Waals surface area contributed by atoms with E-state index >= 15 is 0 Å². The molecular formula is CH11KOSi2. The van der Waals surface area contributed by atoms with Gasteiger partial charge in [-0.2, -0.15) is 0 Å². The zero-order chi connectivity index (χ0) is 2.71. The third-order valence-corrected chi connectivity index (χ3v) is 0. The van der Waals surface area contributed by atoms with Crippen LogP contribution in [0.15, 0.2) is 0 Å². The fourth-order valence-electron chi connectivity index (χ4n) is 0. The van der Waals surface area contributed by atoms with Crippen molar-refractivity contribution in [2.24, 2.45) is 0 Å². The SMILES string of the molecule is C[SiH2]O.[KH].[SiH4]. The second kappa shape index (κ2) is 16.6. The van der Waals surface area contributed by atoms with Gasteiger partial charge in [0.25, 0.3) is 0 Å². The summed E-state index contributed by atoms with van der Waals surface area (Å²) in [5.41, 5.74) is 0. The van der Waals surface area contributed by atoms with Gasteiger partial charge >= 0.3 is 51.4 Å². The summed E-state index contributed by atoms with van der Waals surface area (Å²) < 4.78 is 0. The molecule has 0 rings (SSSR count). The van der Waals surface area contributed by atoms with E-state index in [0.717, 1.165) is 0 Å². The van der Waals surface area contributed by atoms with Gasteiger partial charge in [-0.1, -0.05) is 6.55 Å². The molecule has 1 N–H and O–H groups in total. The molecule has 0 fully saturated rings. The van der Waals surface area contributed by atoms with Gasteiger partial charge in [0.15, 0.2) is 9.76 Å². The summed E-state index contributed by atoms with van der Waals surface area (Å²) in [5, 5.41) is 0. The van der Waals surface area contributed by atoms with Crippen LogP contribution in [0.3, 0.4) is 0 Å². The first kappa shape index (κ1) is 15.7. The van der Waals surface area contributed by atoms with Crippen LogP contribution in [0, 0.1) is 0 Å². The molecule has 0 bridgehead atoms. The summed E-state index contributed by atoms with van der Waals surface area (Å²) in [7, 11) is -0.583. The summed E-state index contributed by atoms with van der Waals surface area (Å²) in [5.74, 6) is 0. The maximum Gasteiger partial charge on any atom is -0.0149 e. The van der Waals surface area contributed by atoms with Crippen molar-refractivity contribution < 1.29 is 4.80 Å². The normalized spacial score (nSPS) is 6.00. The molecule has 4 heteroatoms. The Morgan fingerprint density at radius 1 is 1.60 bits per heavy atom. The largest absolute Gasteiger partial charge is 0.0149 e. The first-order valence-corrected chi connectivity index (χ1v) is 3.07. The zero-order valence-corrected chi connectivity index (χ0v) is 3.57. The van der Waals surface area contributed by atoms with E-state index in [2.05, 4.69) is 0 Å². The molecule has 0 aromatic rings. The predicted molar refractivity (Wildman–Crippen MR) is 35.1 cm³/mol. The Morgan fingerprint density at radius 3 is 1.60 bits per heavy atom. The van der Waals surface area contributed by atoms with Gasteiger partial charge in [0.2, 0.25) is 0 Å². The fraction of sp³-hybridized carbons (Fsp3) is 1.00. The van der Waals surface area contributed by atoms with E-state index in [-0.39, 0.29) is 62.3 Å². The van der Waals surface area contributed by atoms with Gasteiger partial charge < -0.3 is 4.80 Å². The van der Waals surface area contributed by atoms with Crippen LogP contribution in [0.2, 0.25) is 6.55 Å². The van der Waals surface area contributed by atoms with Crippen LogP contribution in [0.1, 0.15) is 0 Å². The van der Waals surface area contributed by atoms with Crippen LogP contribution in [-0.4, -0.2) is 76.9 Å². The van der Waals surface area contributed by atoms with E-state index in [1.54, 1.807) is 0 Å². The minimum Gasteiger partial charge on any atom is -0.0149 e. The van der Waals surface area contributed by atoms with Crippen LogP contribution in [0.4, 0.5) is 0 Å². The van der Waals surface area contributed by atoms with Gasteiger partial charge in [0, 0.05) is 0 Å². The molecule has 5 heavy (non-hydrogen) atoms. The molecule has 30 valence electrons. The molecule has 0 aliphatic rings. The van der Waals surface area contributed by atoms with Crippen LogP contribution >= 0.6 is 0 Å². The number of hydrogen-bond donors (Lipinski definition) is 1. The third-order valence-electron chi connectivity index (χ3n) is 0. The zero-order valence-electron chi connectivity index (χ0n) is 2.15. The molecule has 0 aliphatic heterocycles. The maximum atomic E-state index is 7.71. The molecule has 0 radical (unpaired) electrons. The Kier molecular flexibility index (Phi) is 52.3. The molecule has 0 spiro atoms. The average molecular weight is 134 g/mol. The molecule has 0 aliphatic carbocycles. The Hall–Kier alpha value is 2.03. The van der Waals surface area contributed by atoms with Crippen molar-refractivity contribution in [3.05, 3.63) is 0 Å². The monoisotopic (exact) mass is 134 g/mol. The minimum atomic E-state index is -0.583. The first-order chi connectivity index (χ1) is 1.41. The third kappa shape index (κ3) is 23.8. The molecule has 0 atom stereocenters. The van der Waals surface area contributed by atoms with Gasteiger partial charge in [-0.15, -0.1) is 0 Å². The Labute approximate surface area is 81.9 Å². The van der Waals surface area contributed by atoms with E-state index in [9.17, 15) is 0 Å². The van der Waals surface area contributed by atoms with Crippen LogP contribution in [-0.2, 0) is 0 Å². The van der Waals surface area contributed by atoms with Gasteiger partial charge in [-0.05, 0) is 11.0 Å². The second-order valence-corrected chi connectivity index (χ2v) is 0.949. The topological polar surface area (TPSA) is 20.2 Å². The molecule has 0 saturated carbocycles. The van der Waals surface area contributed by atoms with E-state index in [4.69, 9.17) is 4.80 Å². The molecule has 0 saturated heterocycles. The molecule has 0 unspecified atom stereocenters. The number of hydrogen-bond acceptors (Lipinski definition) is 1. The Morgan fingerprint density at radius 2 is 1.60 bits per heavy atom. The van der Waals surface area contributed by atoms with Gasteiger partial charge in [-0.25, -0.2) is 0 Å². The minimum absolute atomic E-state index is 0. The summed E-state index contributed by atoms with van der Waals surface area (Å²) >= 11 is 0. The molecule has 0 amide bonds. The van der Waals surface area contributed by atoms with Crippen LogP contribution in [0.25, 0.3) is 0 Å². The number of rotatable bonds is 0. The van der Waals surface area contributed by atoms with Crippen molar-refractivity contribution in [1.82, 2.24) is 0 Å². The molecule has 1 nitrogen and oxygen atoms in total. The van der Waals surface area contributed by atoms with Crippen molar-refractivity contribution in [1.29, 1.82) is 0 Å². The molecule has 0 aromatic heterocycles. The van der Waals surface area contributed by atoms with Crippen molar-refractivity contribution in [3.63, 3.8) is 0 Å². The summed E-state index contributed by atoms with van der Waals surface area (Å²) in [6.45, 7) is 1.82. The van der Waals surface area contributed by atoms with E-state index in [1.165, 1.54) is 0 Å². The second-order valence-electron chi connectivity index (χ2n) is 0.316. The summed E-state index contributed by atoms with van der Waals surface area (Å²) in [4.78, 5) is 7.71. The molecular weight excluding hydrogens is 123 g/mol. The smallest absolute Gasteiger partial charge is 0.0149 e. The summed E-state index contributed by atoms with van der Waals surface area (Å²) in [6.07, 6.45) is 0. The summed E-state index contributed by atoms with van der Waals surface area (Å²) in [6, 6.07) is 0. The van der Waals surface area contributed by atoms with E-state index < -0.39 is 9.76 Å². The standard InChI is InChI=1S/CH6OSi.K.H4Si.H/c1-3-2;;;/h2H,3H2,1H3;;1H4;. The predicted octanol–water partition coefficient (Wildman–Crippen LogP) is -2.99. The molecule has 0 aromatic carbocycles. The van der Waals surface area contributed by atoms with E-state index in [1.807, 2.05) is 6.55 Å². The first-order valence-electron chi connectivity index (χ1n) is 1.02. The van der Waals surface area contributed by atoms with Crippen molar-refractivity contribution in [3.8, 4) is 0 Å².